The molecule has 0 bridgehead atoms. The van der Waals surface area contributed by atoms with Crippen LogP contribution in [-0.4, -0.2) is 42.7 Å². The van der Waals surface area contributed by atoms with Crippen LogP contribution in [0.4, 0.5) is 4.39 Å². The Kier molecular flexibility index (Phi) is 9.42. The summed E-state index contributed by atoms with van der Waals surface area (Å²) in [6.07, 6.45) is 2.52. The molecule has 1 aromatic heterocycles. The summed E-state index contributed by atoms with van der Waals surface area (Å²) in [6.45, 7) is 1.04. The molecule has 0 amide bonds. The Labute approximate surface area is 139 Å². The minimum absolute atomic E-state index is 0. The monoisotopic (exact) mass is 446 g/mol. The van der Waals surface area contributed by atoms with Gasteiger partial charge in [0.15, 0.2) is 5.96 Å². The van der Waals surface area contributed by atoms with Crippen molar-refractivity contribution >= 4 is 45.9 Å². The van der Waals surface area contributed by atoms with Crippen molar-refractivity contribution in [2.24, 2.45) is 12.0 Å². The van der Waals surface area contributed by atoms with Crippen LogP contribution in [0.15, 0.2) is 21.7 Å². The number of guanidine groups is 1. The van der Waals surface area contributed by atoms with E-state index >= 15 is 0 Å². The lowest BCUT2D eigenvalue weighted by Crippen LogP contribution is -2.39. The minimum Gasteiger partial charge on any atom is -0.356 e. The summed E-state index contributed by atoms with van der Waals surface area (Å²) in [6, 6.07) is 2.07. The fourth-order valence-electron chi connectivity index (χ4n) is 1.69. The summed E-state index contributed by atoms with van der Waals surface area (Å²) in [5.74, 6) is 0.778. The Morgan fingerprint density at radius 1 is 1.58 bits per heavy atom. The van der Waals surface area contributed by atoms with Gasteiger partial charge in [-0.15, -0.1) is 24.0 Å². The Hall–Kier alpha value is -0.310. The molecule has 0 aliphatic rings. The second-order valence-electron chi connectivity index (χ2n) is 4.13. The van der Waals surface area contributed by atoms with Crippen molar-refractivity contribution in [3.8, 4) is 0 Å². The van der Waals surface area contributed by atoms with Crippen molar-refractivity contribution in [1.82, 2.24) is 14.8 Å². The van der Waals surface area contributed by atoms with E-state index in [4.69, 9.17) is 0 Å². The normalized spacial score (nSPS) is 11.1. The molecule has 1 rings (SSSR count). The number of aromatic nitrogens is 1. The van der Waals surface area contributed by atoms with Gasteiger partial charge >= 0.3 is 0 Å². The van der Waals surface area contributed by atoms with Gasteiger partial charge in [0.05, 0.1) is 13.2 Å². The Balaban J connectivity index is 0.00000324. The van der Waals surface area contributed by atoms with Crippen molar-refractivity contribution in [2.75, 3.05) is 27.3 Å². The van der Waals surface area contributed by atoms with Crippen molar-refractivity contribution in [3.63, 3.8) is 0 Å². The number of nitrogens with zero attached hydrogens (tertiary/aromatic N) is 3. The Morgan fingerprint density at radius 3 is 2.74 bits per heavy atom. The Bertz CT molecular complexity index is 408. The summed E-state index contributed by atoms with van der Waals surface area (Å²) in [5.41, 5.74) is 1.18. The third-order valence-electron chi connectivity index (χ3n) is 2.64. The second-order valence-corrected chi connectivity index (χ2v) is 5.05. The van der Waals surface area contributed by atoms with Crippen LogP contribution in [0, 0.1) is 0 Å². The van der Waals surface area contributed by atoms with Gasteiger partial charge in [-0.25, -0.2) is 0 Å². The highest BCUT2D eigenvalue weighted by molar-refractivity contribution is 14.0. The molecule has 0 radical (unpaired) electrons. The quantitative estimate of drug-likeness (QED) is 0.326. The summed E-state index contributed by atoms with van der Waals surface area (Å²) in [5, 5.41) is 3.13. The van der Waals surface area contributed by atoms with Gasteiger partial charge in [0.25, 0.3) is 0 Å². The van der Waals surface area contributed by atoms with Crippen LogP contribution in [0.1, 0.15) is 12.1 Å². The SMILES string of the molecule is CN=C(NCCCF)N(C)Cc1cc(Br)cn1C.I. The molecule has 19 heavy (non-hydrogen) atoms. The second kappa shape index (κ2) is 9.57. The number of alkyl halides is 1. The van der Waals surface area contributed by atoms with Gasteiger partial charge in [-0.3, -0.25) is 9.38 Å². The lowest BCUT2D eigenvalue weighted by atomic mass is 10.4. The predicted molar refractivity (Wildman–Crippen MR) is 91.9 cm³/mol. The van der Waals surface area contributed by atoms with E-state index in [2.05, 4.69) is 36.9 Å². The lowest BCUT2D eigenvalue weighted by molar-refractivity contribution is 0.444. The van der Waals surface area contributed by atoms with E-state index in [1.54, 1.807) is 7.05 Å². The van der Waals surface area contributed by atoms with Gasteiger partial charge < -0.3 is 14.8 Å². The molecule has 7 heteroatoms. The summed E-state index contributed by atoms with van der Waals surface area (Å²) in [7, 11) is 5.70. The van der Waals surface area contributed by atoms with Gasteiger partial charge in [0.1, 0.15) is 0 Å². The van der Waals surface area contributed by atoms with Gasteiger partial charge in [-0.2, -0.15) is 0 Å². The van der Waals surface area contributed by atoms with Crippen LogP contribution >= 0.6 is 39.9 Å². The largest absolute Gasteiger partial charge is 0.356 e. The number of halogens is 3. The molecule has 0 atom stereocenters. The lowest BCUT2D eigenvalue weighted by Gasteiger charge is -2.22. The molecule has 0 unspecified atom stereocenters. The van der Waals surface area contributed by atoms with Crippen molar-refractivity contribution in [2.45, 2.75) is 13.0 Å². The zero-order valence-corrected chi connectivity index (χ0v) is 15.4. The number of hydrogen-bond acceptors (Lipinski definition) is 1. The van der Waals surface area contributed by atoms with Gasteiger partial charge in [-0.1, -0.05) is 0 Å². The average Bonchev–Trinajstić information content (AvgIpc) is 2.63. The first kappa shape index (κ1) is 18.7. The zero-order chi connectivity index (χ0) is 13.5. The number of aryl methyl sites for hydroxylation is 1. The number of aliphatic imine (C=N–C) groups is 1. The molecule has 1 aromatic rings. The summed E-state index contributed by atoms with van der Waals surface area (Å²) >= 11 is 3.45. The van der Waals surface area contributed by atoms with Crippen LogP contribution in [0.2, 0.25) is 0 Å². The highest BCUT2D eigenvalue weighted by Crippen LogP contribution is 2.14. The number of nitrogens with one attached hydrogen (secondary N) is 1. The molecule has 4 nitrogen and oxygen atoms in total. The molecular weight excluding hydrogens is 426 g/mol. The highest BCUT2D eigenvalue weighted by atomic mass is 127. The van der Waals surface area contributed by atoms with Crippen LogP contribution in [-0.2, 0) is 13.6 Å². The van der Waals surface area contributed by atoms with E-state index in [0.717, 1.165) is 17.0 Å². The maximum atomic E-state index is 12.0. The van der Waals surface area contributed by atoms with E-state index < -0.39 is 0 Å². The van der Waals surface area contributed by atoms with Crippen molar-refractivity contribution < 1.29 is 4.39 Å². The number of rotatable bonds is 5. The van der Waals surface area contributed by atoms with Crippen LogP contribution in [0.3, 0.4) is 0 Å². The van der Waals surface area contributed by atoms with E-state index in [1.807, 2.05) is 25.2 Å². The maximum absolute atomic E-state index is 12.0. The van der Waals surface area contributed by atoms with E-state index in [-0.39, 0.29) is 30.7 Å². The van der Waals surface area contributed by atoms with E-state index in [0.29, 0.717) is 13.0 Å². The molecule has 0 spiro atoms. The third kappa shape index (κ3) is 6.11. The van der Waals surface area contributed by atoms with E-state index in [1.165, 1.54) is 5.69 Å². The third-order valence-corrected chi connectivity index (χ3v) is 3.07. The maximum Gasteiger partial charge on any atom is 0.193 e. The molecule has 0 aromatic carbocycles. The van der Waals surface area contributed by atoms with E-state index in [9.17, 15) is 4.39 Å². The van der Waals surface area contributed by atoms with Gasteiger partial charge in [-0.05, 0) is 28.4 Å². The summed E-state index contributed by atoms with van der Waals surface area (Å²) in [4.78, 5) is 6.19. The first-order valence-corrected chi connectivity index (χ1v) is 6.66. The Morgan fingerprint density at radius 2 is 2.26 bits per heavy atom. The van der Waals surface area contributed by atoms with Crippen molar-refractivity contribution in [1.29, 1.82) is 0 Å². The molecule has 0 aliphatic heterocycles. The number of hydrogen-bond donors (Lipinski definition) is 1. The molecule has 0 saturated heterocycles. The molecule has 110 valence electrons. The predicted octanol–water partition coefficient (Wildman–Crippen LogP) is 2.77. The summed E-state index contributed by atoms with van der Waals surface area (Å²) < 4.78 is 15.2. The average molecular weight is 447 g/mol. The van der Waals surface area contributed by atoms with Crippen molar-refractivity contribution in [3.05, 3.63) is 22.4 Å². The fraction of sp³-hybridized carbons (Fsp3) is 0.583. The first-order chi connectivity index (χ1) is 8.58. The standard InChI is InChI=1S/C12H20BrFN4.HI/c1-15-12(16-6-4-5-14)18(3)9-11-7-10(13)8-17(11)2;/h7-8H,4-6,9H2,1-3H3,(H,15,16);1H. The fourth-order valence-corrected chi connectivity index (χ4v) is 2.26. The van der Waals surface area contributed by atoms with Crippen LogP contribution in [0.25, 0.3) is 0 Å². The smallest absolute Gasteiger partial charge is 0.193 e. The van der Waals surface area contributed by atoms with Crippen LogP contribution in [0.5, 0.6) is 0 Å². The highest BCUT2D eigenvalue weighted by Gasteiger charge is 2.09. The van der Waals surface area contributed by atoms with Gasteiger partial charge in [0, 0.05) is 44.1 Å². The molecule has 0 saturated carbocycles. The molecule has 1 heterocycles. The zero-order valence-electron chi connectivity index (χ0n) is 11.5. The molecule has 0 aliphatic carbocycles. The van der Waals surface area contributed by atoms with Crippen LogP contribution < -0.4 is 5.32 Å². The molecule has 1 N–H and O–H groups in total. The minimum atomic E-state index is -0.307. The molecular formula is C12H21BrFIN4. The topological polar surface area (TPSA) is 32.6 Å². The first-order valence-electron chi connectivity index (χ1n) is 5.87. The molecule has 0 fully saturated rings. The van der Waals surface area contributed by atoms with Gasteiger partial charge in [0.2, 0.25) is 0 Å².